The Balaban J connectivity index is 1.56. The molecule has 0 amide bonds. The summed E-state index contributed by atoms with van der Waals surface area (Å²) >= 11 is 0. The van der Waals surface area contributed by atoms with Crippen LogP contribution in [-0.4, -0.2) is 37.1 Å². The fraction of sp³-hybridized carbons (Fsp3) is 0.269. The smallest absolute Gasteiger partial charge is 0.178 e. The van der Waals surface area contributed by atoms with Crippen molar-refractivity contribution in [1.82, 2.24) is 4.90 Å². The Morgan fingerprint density at radius 1 is 1.07 bits per heavy atom. The molecule has 30 heavy (non-hydrogen) atoms. The first-order chi connectivity index (χ1) is 14.6. The van der Waals surface area contributed by atoms with E-state index < -0.39 is 0 Å². The lowest BCUT2D eigenvalue weighted by Gasteiger charge is -2.31. The summed E-state index contributed by atoms with van der Waals surface area (Å²) in [4.78, 5) is 14.2. The van der Waals surface area contributed by atoms with Gasteiger partial charge in [-0.15, -0.1) is 0 Å². The van der Waals surface area contributed by atoms with E-state index in [9.17, 15) is 4.79 Å². The van der Waals surface area contributed by atoms with Crippen molar-refractivity contribution in [2.24, 2.45) is 5.41 Å². The van der Waals surface area contributed by atoms with Crippen LogP contribution in [0.2, 0.25) is 0 Å². The van der Waals surface area contributed by atoms with Gasteiger partial charge in [-0.25, -0.2) is 0 Å². The van der Waals surface area contributed by atoms with E-state index in [1.165, 1.54) is 5.56 Å². The summed E-state index contributed by atoms with van der Waals surface area (Å²) in [5.41, 5.74) is 3.19. The van der Waals surface area contributed by atoms with E-state index in [-0.39, 0.29) is 23.5 Å². The maximum absolute atomic E-state index is 11.8. The molecule has 3 aliphatic rings. The third-order valence-electron chi connectivity index (χ3n) is 6.48. The molecule has 2 unspecified atom stereocenters. The molecule has 1 heterocycles. The van der Waals surface area contributed by atoms with Gasteiger partial charge in [0.05, 0.1) is 13.2 Å². The Bertz CT molecular complexity index is 1030. The highest BCUT2D eigenvalue weighted by molar-refractivity contribution is 6.02. The number of nitrogens with zero attached hydrogens (tertiary/aromatic N) is 1. The molecule has 1 spiro atoms. The molecule has 0 radical (unpaired) electrons. The first-order valence-electron chi connectivity index (χ1n) is 10.3. The Morgan fingerprint density at radius 2 is 1.77 bits per heavy atom. The number of fused-ring (bicyclic) bond motifs is 1. The number of rotatable bonds is 4. The predicted molar refractivity (Wildman–Crippen MR) is 117 cm³/mol. The molecule has 4 nitrogen and oxygen atoms in total. The quantitative estimate of drug-likeness (QED) is 0.764. The minimum atomic E-state index is -0.325. The van der Waals surface area contributed by atoms with Crippen molar-refractivity contribution in [3.8, 4) is 5.75 Å². The van der Waals surface area contributed by atoms with Gasteiger partial charge < -0.3 is 9.47 Å². The Morgan fingerprint density at radius 3 is 2.43 bits per heavy atom. The molecule has 4 heteroatoms. The molecular weight excluding hydrogens is 374 g/mol. The van der Waals surface area contributed by atoms with Gasteiger partial charge in [-0.3, -0.25) is 9.69 Å². The predicted octanol–water partition coefficient (Wildman–Crippen LogP) is 4.39. The number of benzene rings is 2. The summed E-state index contributed by atoms with van der Waals surface area (Å²) in [6.45, 7) is 0. The fourth-order valence-corrected chi connectivity index (χ4v) is 4.85. The maximum Gasteiger partial charge on any atom is 0.178 e. The molecule has 1 saturated heterocycles. The second-order valence-electron chi connectivity index (χ2n) is 8.22. The van der Waals surface area contributed by atoms with Crippen LogP contribution in [0.4, 0.5) is 0 Å². The van der Waals surface area contributed by atoms with Crippen LogP contribution < -0.4 is 4.74 Å². The van der Waals surface area contributed by atoms with Crippen LogP contribution in [0, 0.1) is 5.41 Å². The highest BCUT2D eigenvalue weighted by atomic mass is 16.5. The number of carbonyl (C=O) groups is 1. The summed E-state index contributed by atoms with van der Waals surface area (Å²) < 4.78 is 11.9. The van der Waals surface area contributed by atoms with Crippen molar-refractivity contribution in [1.29, 1.82) is 0 Å². The SMILES string of the molecule is COc1ccc(C2=C3OC(Cc4ccccc4)N(C)C3CC23C=CC(=O)C=C3)cc1. The van der Waals surface area contributed by atoms with Gasteiger partial charge in [0.25, 0.3) is 0 Å². The molecule has 2 aliphatic carbocycles. The Hall–Kier alpha value is -3.11. The van der Waals surface area contributed by atoms with Crippen LogP contribution in [0.1, 0.15) is 17.5 Å². The lowest BCUT2D eigenvalue weighted by molar-refractivity contribution is -0.110. The number of hydrogen-bond donors (Lipinski definition) is 0. The van der Waals surface area contributed by atoms with Crippen molar-refractivity contribution in [3.05, 3.63) is 95.8 Å². The molecule has 5 rings (SSSR count). The fourth-order valence-electron chi connectivity index (χ4n) is 4.85. The number of ketones is 1. The van der Waals surface area contributed by atoms with Gasteiger partial charge >= 0.3 is 0 Å². The first-order valence-corrected chi connectivity index (χ1v) is 10.3. The Kier molecular flexibility index (Phi) is 4.59. The van der Waals surface area contributed by atoms with E-state index in [0.717, 1.165) is 35.5 Å². The van der Waals surface area contributed by atoms with Crippen LogP contribution in [-0.2, 0) is 16.0 Å². The Labute approximate surface area is 177 Å². The van der Waals surface area contributed by atoms with Crippen LogP contribution in [0.25, 0.3) is 5.57 Å². The van der Waals surface area contributed by atoms with Crippen molar-refractivity contribution >= 4 is 11.4 Å². The van der Waals surface area contributed by atoms with Gasteiger partial charge in [-0.1, -0.05) is 54.6 Å². The standard InChI is InChI=1S/C26H25NO3/c1-27-22-17-26(14-12-20(28)13-15-26)24(19-8-10-21(29-2)11-9-19)25(22)30-23(27)16-18-6-4-3-5-7-18/h3-15,22-23H,16-17H2,1-2H3. The first kappa shape index (κ1) is 18.9. The lowest BCUT2D eigenvalue weighted by Crippen LogP contribution is -2.35. The van der Waals surface area contributed by atoms with Crippen molar-refractivity contribution in [2.75, 3.05) is 14.2 Å². The van der Waals surface area contributed by atoms with E-state index in [4.69, 9.17) is 9.47 Å². The number of likely N-dealkylation sites (N-methyl/N-ethyl adjacent to an activating group) is 1. The second-order valence-corrected chi connectivity index (χ2v) is 8.22. The van der Waals surface area contributed by atoms with E-state index in [2.05, 4.69) is 48.3 Å². The largest absolute Gasteiger partial charge is 0.497 e. The van der Waals surface area contributed by atoms with Gasteiger partial charge in [-0.05, 0) is 48.9 Å². The van der Waals surface area contributed by atoms with Crippen molar-refractivity contribution < 1.29 is 14.3 Å². The average molecular weight is 399 g/mol. The number of methoxy groups -OCH3 is 1. The van der Waals surface area contributed by atoms with E-state index >= 15 is 0 Å². The normalized spacial score (nSPS) is 24.4. The van der Waals surface area contributed by atoms with E-state index in [1.807, 2.05) is 30.4 Å². The summed E-state index contributed by atoms with van der Waals surface area (Å²) in [6.07, 6.45) is 9.17. The van der Waals surface area contributed by atoms with Gasteiger partial charge in [0.1, 0.15) is 11.5 Å². The van der Waals surface area contributed by atoms with Gasteiger partial charge in [0, 0.05) is 17.4 Å². The van der Waals surface area contributed by atoms with Gasteiger partial charge in [-0.2, -0.15) is 0 Å². The molecule has 0 saturated carbocycles. The summed E-state index contributed by atoms with van der Waals surface area (Å²) in [5.74, 6) is 1.88. The lowest BCUT2D eigenvalue weighted by atomic mass is 9.75. The molecule has 0 bridgehead atoms. The average Bonchev–Trinajstić information content (AvgIpc) is 3.24. The molecule has 0 N–H and O–H groups in total. The summed E-state index contributed by atoms with van der Waals surface area (Å²) in [6, 6.07) is 18.7. The highest BCUT2D eigenvalue weighted by Crippen LogP contribution is 2.55. The highest BCUT2D eigenvalue weighted by Gasteiger charge is 2.51. The zero-order valence-corrected chi connectivity index (χ0v) is 17.2. The molecular formula is C26H25NO3. The van der Waals surface area contributed by atoms with E-state index in [1.54, 1.807) is 19.3 Å². The van der Waals surface area contributed by atoms with Crippen molar-refractivity contribution in [2.45, 2.75) is 25.1 Å². The molecule has 2 aromatic carbocycles. The van der Waals surface area contributed by atoms with Crippen LogP contribution in [0.15, 0.2) is 84.7 Å². The van der Waals surface area contributed by atoms with E-state index in [0.29, 0.717) is 0 Å². The second kappa shape index (κ2) is 7.29. The maximum atomic E-state index is 11.8. The molecule has 2 atom stereocenters. The number of carbonyl (C=O) groups excluding carboxylic acids is 1. The zero-order valence-electron chi connectivity index (χ0n) is 17.2. The summed E-state index contributed by atoms with van der Waals surface area (Å²) in [7, 11) is 3.81. The molecule has 1 aliphatic heterocycles. The van der Waals surface area contributed by atoms with Crippen LogP contribution in [0.5, 0.6) is 5.75 Å². The number of ether oxygens (including phenoxy) is 2. The minimum absolute atomic E-state index is 0.00354. The third-order valence-corrected chi connectivity index (χ3v) is 6.48. The monoisotopic (exact) mass is 399 g/mol. The number of allylic oxidation sites excluding steroid dienone is 5. The van der Waals surface area contributed by atoms with Gasteiger partial charge in [0.2, 0.25) is 0 Å². The molecule has 1 fully saturated rings. The minimum Gasteiger partial charge on any atom is -0.497 e. The zero-order chi connectivity index (χ0) is 20.7. The van der Waals surface area contributed by atoms with Crippen LogP contribution >= 0.6 is 0 Å². The van der Waals surface area contributed by atoms with Crippen molar-refractivity contribution in [3.63, 3.8) is 0 Å². The topological polar surface area (TPSA) is 38.8 Å². The molecule has 0 aromatic heterocycles. The molecule has 152 valence electrons. The molecule has 2 aromatic rings. The van der Waals surface area contributed by atoms with Gasteiger partial charge in [0.15, 0.2) is 12.0 Å². The number of hydrogen-bond acceptors (Lipinski definition) is 4. The summed E-state index contributed by atoms with van der Waals surface area (Å²) in [5, 5.41) is 0. The third kappa shape index (κ3) is 3.08. The van der Waals surface area contributed by atoms with Crippen LogP contribution in [0.3, 0.4) is 0 Å².